The van der Waals surface area contributed by atoms with Gasteiger partial charge in [-0.15, -0.1) is 0 Å². The summed E-state index contributed by atoms with van der Waals surface area (Å²) in [5, 5.41) is 8.61. The maximum Gasteiger partial charge on any atom is 0.320 e. The van der Waals surface area contributed by atoms with E-state index in [0.717, 1.165) is 8.95 Å². The second kappa shape index (κ2) is 4.86. The van der Waals surface area contributed by atoms with Gasteiger partial charge in [0.15, 0.2) is 0 Å². The van der Waals surface area contributed by atoms with Crippen LogP contribution in [0.4, 0.5) is 0 Å². The molecule has 0 spiro atoms. The van der Waals surface area contributed by atoms with Gasteiger partial charge >= 0.3 is 5.97 Å². The SMILES string of the molecule is N[C@@H](Cc1ncc(Br)cc1Br)C(=O)O. The Morgan fingerprint density at radius 1 is 1.64 bits per heavy atom. The van der Waals surface area contributed by atoms with E-state index in [4.69, 9.17) is 10.8 Å². The molecule has 0 unspecified atom stereocenters. The predicted octanol–water partition coefficient (Wildman–Crippen LogP) is 1.56. The molecule has 6 heteroatoms. The van der Waals surface area contributed by atoms with Crippen molar-refractivity contribution < 1.29 is 9.90 Å². The summed E-state index contributed by atoms with van der Waals surface area (Å²) in [5.74, 6) is -1.03. The maximum atomic E-state index is 10.5. The van der Waals surface area contributed by atoms with Gasteiger partial charge < -0.3 is 10.8 Å². The number of carboxylic acid groups (broad SMARTS) is 1. The molecular formula is C8H8Br2N2O2. The van der Waals surface area contributed by atoms with Crippen LogP contribution in [0.2, 0.25) is 0 Å². The number of hydrogen-bond acceptors (Lipinski definition) is 3. The Kier molecular flexibility index (Phi) is 4.03. The fourth-order valence-corrected chi connectivity index (χ4v) is 2.04. The van der Waals surface area contributed by atoms with Crippen molar-refractivity contribution >= 4 is 37.8 Å². The van der Waals surface area contributed by atoms with E-state index in [9.17, 15) is 4.79 Å². The number of nitrogens with two attached hydrogens (primary N) is 1. The van der Waals surface area contributed by atoms with Gasteiger partial charge in [0.25, 0.3) is 0 Å². The molecule has 4 nitrogen and oxygen atoms in total. The molecule has 0 amide bonds. The zero-order chi connectivity index (χ0) is 10.7. The molecule has 0 fully saturated rings. The molecule has 0 aliphatic carbocycles. The summed E-state index contributed by atoms with van der Waals surface area (Å²) in [5.41, 5.74) is 6.03. The Labute approximate surface area is 97.8 Å². The number of hydrogen-bond donors (Lipinski definition) is 2. The predicted molar refractivity (Wildman–Crippen MR) is 59.0 cm³/mol. The lowest BCUT2D eigenvalue weighted by Crippen LogP contribution is -2.32. The van der Waals surface area contributed by atoms with E-state index in [0.29, 0.717) is 5.69 Å². The van der Waals surface area contributed by atoms with Gasteiger partial charge in [-0.3, -0.25) is 9.78 Å². The maximum absolute atomic E-state index is 10.5. The topological polar surface area (TPSA) is 76.2 Å². The molecule has 3 N–H and O–H groups in total. The van der Waals surface area contributed by atoms with Gasteiger partial charge in [-0.25, -0.2) is 0 Å². The first-order chi connectivity index (χ1) is 6.50. The lowest BCUT2D eigenvalue weighted by atomic mass is 10.1. The molecule has 1 heterocycles. The molecule has 0 saturated heterocycles. The molecule has 1 rings (SSSR count). The molecule has 0 bridgehead atoms. The smallest absolute Gasteiger partial charge is 0.320 e. The third-order valence-electron chi connectivity index (χ3n) is 1.61. The highest BCUT2D eigenvalue weighted by Crippen LogP contribution is 2.20. The summed E-state index contributed by atoms with van der Waals surface area (Å²) in [7, 11) is 0. The van der Waals surface area contributed by atoms with Crippen LogP contribution in [0.15, 0.2) is 21.2 Å². The molecule has 1 aromatic heterocycles. The van der Waals surface area contributed by atoms with Crippen molar-refractivity contribution in [1.29, 1.82) is 0 Å². The lowest BCUT2D eigenvalue weighted by Gasteiger charge is -2.07. The third-order valence-corrected chi connectivity index (χ3v) is 2.73. The number of rotatable bonds is 3. The number of pyridine rings is 1. The second-order valence-electron chi connectivity index (χ2n) is 2.73. The van der Waals surface area contributed by atoms with E-state index in [1.54, 1.807) is 12.3 Å². The van der Waals surface area contributed by atoms with Crippen molar-refractivity contribution in [2.24, 2.45) is 5.73 Å². The summed E-state index contributed by atoms with van der Waals surface area (Å²) in [6, 6.07) is 0.886. The van der Waals surface area contributed by atoms with Gasteiger partial charge in [-0.05, 0) is 37.9 Å². The standard InChI is InChI=1S/C8H8Br2N2O2/c9-4-1-5(10)7(12-3-4)2-6(11)8(13)14/h1,3,6H,2,11H2,(H,13,14)/t6-/m0/s1. The van der Waals surface area contributed by atoms with Gasteiger partial charge in [-0.2, -0.15) is 0 Å². The molecule has 0 radical (unpaired) electrons. The van der Waals surface area contributed by atoms with E-state index < -0.39 is 12.0 Å². The van der Waals surface area contributed by atoms with Crippen molar-refractivity contribution in [2.75, 3.05) is 0 Å². The van der Waals surface area contributed by atoms with Crippen LogP contribution in [0, 0.1) is 0 Å². The number of halogens is 2. The second-order valence-corrected chi connectivity index (χ2v) is 4.50. The van der Waals surface area contributed by atoms with Crippen LogP contribution in [0.25, 0.3) is 0 Å². The monoisotopic (exact) mass is 322 g/mol. The van der Waals surface area contributed by atoms with E-state index >= 15 is 0 Å². The molecule has 0 saturated carbocycles. The van der Waals surface area contributed by atoms with Gasteiger partial charge in [-0.1, -0.05) is 0 Å². The summed E-state index contributed by atoms with van der Waals surface area (Å²) >= 11 is 6.54. The first kappa shape index (κ1) is 11.6. The molecular weight excluding hydrogens is 316 g/mol. The van der Waals surface area contributed by atoms with Crippen LogP contribution in [-0.2, 0) is 11.2 Å². The zero-order valence-corrected chi connectivity index (χ0v) is 10.2. The Morgan fingerprint density at radius 2 is 2.29 bits per heavy atom. The van der Waals surface area contributed by atoms with Crippen molar-refractivity contribution in [2.45, 2.75) is 12.5 Å². The highest BCUT2D eigenvalue weighted by Gasteiger charge is 2.14. The number of aliphatic carboxylic acids is 1. The third kappa shape index (κ3) is 3.04. The molecule has 14 heavy (non-hydrogen) atoms. The van der Waals surface area contributed by atoms with Crippen LogP contribution in [-0.4, -0.2) is 22.1 Å². The number of carboxylic acids is 1. The Bertz CT molecular complexity index is 357. The van der Waals surface area contributed by atoms with Crippen molar-refractivity contribution in [3.8, 4) is 0 Å². The van der Waals surface area contributed by atoms with Gasteiger partial charge in [0, 0.05) is 21.6 Å². The average Bonchev–Trinajstić information content (AvgIpc) is 2.09. The van der Waals surface area contributed by atoms with Gasteiger partial charge in [0.2, 0.25) is 0 Å². The first-order valence-electron chi connectivity index (χ1n) is 3.79. The summed E-state index contributed by atoms with van der Waals surface area (Å²) in [6.45, 7) is 0. The molecule has 0 aliphatic rings. The van der Waals surface area contributed by atoms with Crippen LogP contribution in [0.5, 0.6) is 0 Å². The number of aromatic nitrogens is 1. The fraction of sp³-hybridized carbons (Fsp3) is 0.250. The normalized spacial score (nSPS) is 12.5. The van der Waals surface area contributed by atoms with E-state index in [-0.39, 0.29) is 6.42 Å². The minimum absolute atomic E-state index is 0.212. The average molecular weight is 324 g/mol. The quantitative estimate of drug-likeness (QED) is 0.885. The molecule has 0 aromatic carbocycles. The zero-order valence-electron chi connectivity index (χ0n) is 7.08. The molecule has 1 atom stereocenters. The minimum Gasteiger partial charge on any atom is -0.480 e. The largest absolute Gasteiger partial charge is 0.480 e. The molecule has 1 aromatic rings. The highest BCUT2D eigenvalue weighted by atomic mass is 79.9. The minimum atomic E-state index is -1.03. The number of nitrogens with zero attached hydrogens (tertiary/aromatic N) is 1. The van der Waals surface area contributed by atoms with Crippen LogP contribution in [0.1, 0.15) is 5.69 Å². The van der Waals surface area contributed by atoms with E-state index in [1.165, 1.54) is 0 Å². The van der Waals surface area contributed by atoms with E-state index in [2.05, 4.69) is 36.8 Å². The Balaban J connectivity index is 2.82. The lowest BCUT2D eigenvalue weighted by molar-refractivity contribution is -0.138. The molecule has 76 valence electrons. The van der Waals surface area contributed by atoms with Gasteiger partial charge in [0.1, 0.15) is 6.04 Å². The Morgan fingerprint density at radius 3 is 2.79 bits per heavy atom. The van der Waals surface area contributed by atoms with Crippen molar-refractivity contribution in [3.05, 3.63) is 26.9 Å². The van der Waals surface area contributed by atoms with E-state index in [1.807, 2.05) is 0 Å². The van der Waals surface area contributed by atoms with Crippen LogP contribution in [0.3, 0.4) is 0 Å². The van der Waals surface area contributed by atoms with Crippen LogP contribution >= 0.6 is 31.9 Å². The van der Waals surface area contributed by atoms with Crippen molar-refractivity contribution in [1.82, 2.24) is 4.98 Å². The summed E-state index contributed by atoms with van der Waals surface area (Å²) in [6.07, 6.45) is 1.82. The van der Waals surface area contributed by atoms with Crippen molar-refractivity contribution in [3.63, 3.8) is 0 Å². The summed E-state index contributed by atoms with van der Waals surface area (Å²) in [4.78, 5) is 14.6. The van der Waals surface area contributed by atoms with Crippen LogP contribution < -0.4 is 5.73 Å². The summed E-state index contributed by atoms with van der Waals surface area (Å²) < 4.78 is 1.58. The Hall–Kier alpha value is -0.460. The number of carbonyl (C=O) groups is 1. The van der Waals surface area contributed by atoms with Gasteiger partial charge in [0.05, 0.1) is 5.69 Å². The molecule has 0 aliphatic heterocycles. The highest BCUT2D eigenvalue weighted by molar-refractivity contribution is 9.11. The first-order valence-corrected chi connectivity index (χ1v) is 5.37. The fourth-order valence-electron chi connectivity index (χ4n) is 0.889.